The molecule has 2 N–H and O–H groups in total. The summed E-state index contributed by atoms with van der Waals surface area (Å²) in [6.45, 7) is 0. The first-order valence-corrected chi connectivity index (χ1v) is 4.82. The van der Waals surface area contributed by atoms with Crippen molar-refractivity contribution in [3.05, 3.63) is 35.6 Å². The van der Waals surface area contributed by atoms with Gasteiger partial charge in [-0.2, -0.15) is 0 Å². The summed E-state index contributed by atoms with van der Waals surface area (Å²) in [5.74, 6) is 0.997. The Morgan fingerprint density at radius 3 is 3.14 bits per heavy atom. The minimum Gasteiger partial charge on any atom is -0.456 e. The third-order valence-electron chi connectivity index (χ3n) is 2.68. The molecule has 0 fully saturated rings. The second-order valence-electron chi connectivity index (χ2n) is 3.64. The molecule has 1 aliphatic carbocycles. The number of allylic oxidation sites excluding steroid dienone is 1. The second-order valence-corrected chi connectivity index (χ2v) is 3.64. The summed E-state index contributed by atoms with van der Waals surface area (Å²) >= 11 is 0. The molecular weight excluding hydrogens is 174 g/mol. The zero-order valence-electron chi connectivity index (χ0n) is 7.79. The van der Waals surface area contributed by atoms with E-state index in [2.05, 4.69) is 12.2 Å². The van der Waals surface area contributed by atoms with E-state index in [0.717, 1.165) is 29.9 Å². The predicted molar refractivity (Wildman–Crippen MR) is 58.0 cm³/mol. The van der Waals surface area contributed by atoms with E-state index in [1.165, 1.54) is 10.9 Å². The van der Waals surface area contributed by atoms with Crippen LogP contribution in [-0.2, 0) is 6.42 Å². The van der Waals surface area contributed by atoms with E-state index in [4.69, 9.17) is 10.2 Å². The van der Waals surface area contributed by atoms with Crippen molar-refractivity contribution in [1.29, 1.82) is 0 Å². The van der Waals surface area contributed by atoms with Gasteiger partial charge in [-0.25, -0.2) is 0 Å². The van der Waals surface area contributed by atoms with E-state index in [-0.39, 0.29) is 0 Å². The first-order chi connectivity index (χ1) is 6.84. The summed E-state index contributed by atoms with van der Waals surface area (Å²) in [4.78, 5) is 0. The van der Waals surface area contributed by atoms with Gasteiger partial charge in [0.15, 0.2) is 0 Å². The first kappa shape index (κ1) is 7.68. The van der Waals surface area contributed by atoms with Gasteiger partial charge < -0.3 is 10.2 Å². The van der Waals surface area contributed by atoms with E-state index in [1.54, 1.807) is 0 Å². The van der Waals surface area contributed by atoms with E-state index in [9.17, 15) is 0 Å². The van der Waals surface area contributed by atoms with Crippen LogP contribution >= 0.6 is 0 Å². The molecule has 1 aromatic heterocycles. The topological polar surface area (TPSA) is 39.2 Å². The molecule has 1 aliphatic rings. The van der Waals surface area contributed by atoms with Crippen LogP contribution in [0.2, 0.25) is 0 Å². The number of nitrogen functional groups attached to an aromatic ring is 1. The van der Waals surface area contributed by atoms with Crippen LogP contribution in [0, 0.1) is 0 Å². The Bertz CT molecular complexity index is 522. The fourth-order valence-corrected chi connectivity index (χ4v) is 2.00. The maximum atomic E-state index is 5.76. The molecule has 0 aliphatic heterocycles. The minimum atomic E-state index is 0.802. The van der Waals surface area contributed by atoms with Crippen LogP contribution in [0.3, 0.4) is 0 Å². The van der Waals surface area contributed by atoms with Gasteiger partial charge in [0.1, 0.15) is 11.3 Å². The van der Waals surface area contributed by atoms with Gasteiger partial charge in [0, 0.05) is 16.6 Å². The van der Waals surface area contributed by atoms with Gasteiger partial charge in [0.05, 0.1) is 0 Å². The Balaban J connectivity index is 2.39. The van der Waals surface area contributed by atoms with Gasteiger partial charge in [0.25, 0.3) is 0 Å². The van der Waals surface area contributed by atoms with Crippen molar-refractivity contribution in [1.82, 2.24) is 0 Å². The first-order valence-electron chi connectivity index (χ1n) is 4.82. The molecule has 3 rings (SSSR count). The normalized spacial score (nSPS) is 14.6. The fourth-order valence-electron chi connectivity index (χ4n) is 2.00. The van der Waals surface area contributed by atoms with Crippen LogP contribution < -0.4 is 5.73 Å². The van der Waals surface area contributed by atoms with Gasteiger partial charge in [-0.3, -0.25) is 0 Å². The van der Waals surface area contributed by atoms with E-state index in [1.807, 2.05) is 18.2 Å². The molecule has 0 saturated heterocycles. The standard InChI is InChI=1S/C12H11NO/c13-8-5-6-12-10(7-8)9-3-1-2-4-11(9)14-12/h2,4-7H,1,3,13H2. The molecule has 14 heavy (non-hydrogen) atoms. The molecule has 1 aromatic carbocycles. The van der Waals surface area contributed by atoms with E-state index >= 15 is 0 Å². The maximum Gasteiger partial charge on any atom is 0.135 e. The predicted octanol–water partition coefficient (Wildman–Crippen LogP) is 2.97. The number of anilines is 1. The van der Waals surface area contributed by atoms with E-state index < -0.39 is 0 Å². The summed E-state index contributed by atoms with van der Waals surface area (Å²) in [6.07, 6.45) is 6.35. The summed E-state index contributed by atoms with van der Waals surface area (Å²) in [7, 11) is 0. The molecule has 1 heterocycles. The van der Waals surface area contributed by atoms with Gasteiger partial charge in [-0.05, 0) is 37.1 Å². The molecule has 0 saturated carbocycles. The zero-order chi connectivity index (χ0) is 9.54. The molecule has 0 atom stereocenters. The average molecular weight is 185 g/mol. The Hall–Kier alpha value is -1.70. The van der Waals surface area contributed by atoms with Gasteiger partial charge in [0.2, 0.25) is 0 Å². The third-order valence-corrected chi connectivity index (χ3v) is 2.68. The summed E-state index contributed by atoms with van der Waals surface area (Å²) in [6, 6.07) is 5.81. The van der Waals surface area contributed by atoms with Crippen molar-refractivity contribution in [3.63, 3.8) is 0 Å². The molecule has 2 heteroatoms. The van der Waals surface area contributed by atoms with Crippen LogP contribution in [-0.4, -0.2) is 0 Å². The van der Waals surface area contributed by atoms with Crippen molar-refractivity contribution in [2.45, 2.75) is 12.8 Å². The Kier molecular flexibility index (Phi) is 1.45. The highest BCUT2D eigenvalue weighted by molar-refractivity contribution is 5.87. The molecule has 0 amide bonds. The van der Waals surface area contributed by atoms with Crippen molar-refractivity contribution in [2.24, 2.45) is 0 Å². The number of furan rings is 1. The number of fused-ring (bicyclic) bond motifs is 3. The Morgan fingerprint density at radius 1 is 1.29 bits per heavy atom. The number of aryl methyl sites for hydroxylation is 1. The SMILES string of the molecule is Nc1ccc2oc3c(c2c1)CCC=C3. The smallest absolute Gasteiger partial charge is 0.135 e. The molecule has 0 radical (unpaired) electrons. The lowest BCUT2D eigenvalue weighted by molar-refractivity contribution is 0.595. The largest absolute Gasteiger partial charge is 0.456 e. The lowest BCUT2D eigenvalue weighted by Crippen LogP contribution is -1.90. The number of rotatable bonds is 0. The molecule has 0 bridgehead atoms. The Labute approximate surface area is 82.0 Å². The van der Waals surface area contributed by atoms with E-state index in [0.29, 0.717) is 0 Å². The molecular formula is C12H11NO. The zero-order valence-corrected chi connectivity index (χ0v) is 7.79. The molecule has 70 valence electrons. The highest BCUT2D eigenvalue weighted by Gasteiger charge is 2.13. The second kappa shape index (κ2) is 2.64. The lowest BCUT2D eigenvalue weighted by atomic mass is 10.0. The minimum absolute atomic E-state index is 0.802. The summed E-state index contributed by atoms with van der Waals surface area (Å²) < 4.78 is 5.70. The monoisotopic (exact) mass is 185 g/mol. The van der Waals surface area contributed by atoms with Crippen LogP contribution in [0.1, 0.15) is 17.7 Å². The molecule has 2 aromatic rings. The summed E-state index contributed by atoms with van der Waals surface area (Å²) in [5, 5.41) is 1.17. The number of hydrogen-bond donors (Lipinski definition) is 1. The lowest BCUT2D eigenvalue weighted by Gasteiger charge is -2.02. The molecule has 0 unspecified atom stereocenters. The van der Waals surface area contributed by atoms with Gasteiger partial charge in [-0.1, -0.05) is 6.08 Å². The highest BCUT2D eigenvalue weighted by atomic mass is 16.3. The number of hydrogen-bond acceptors (Lipinski definition) is 2. The Morgan fingerprint density at radius 2 is 2.21 bits per heavy atom. The number of nitrogens with two attached hydrogens (primary N) is 1. The van der Waals surface area contributed by atoms with Crippen LogP contribution in [0.15, 0.2) is 28.7 Å². The average Bonchev–Trinajstić information content (AvgIpc) is 2.56. The molecule has 2 nitrogen and oxygen atoms in total. The van der Waals surface area contributed by atoms with Crippen molar-refractivity contribution < 1.29 is 4.42 Å². The highest BCUT2D eigenvalue weighted by Crippen LogP contribution is 2.31. The summed E-state index contributed by atoms with van der Waals surface area (Å²) in [5.41, 5.74) is 8.80. The van der Waals surface area contributed by atoms with Crippen LogP contribution in [0.5, 0.6) is 0 Å². The quantitative estimate of drug-likeness (QED) is 0.641. The van der Waals surface area contributed by atoms with Crippen LogP contribution in [0.4, 0.5) is 5.69 Å². The van der Waals surface area contributed by atoms with Gasteiger partial charge >= 0.3 is 0 Å². The molecule has 0 spiro atoms. The van der Waals surface area contributed by atoms with Crippen molar-refractivity contribution in [2.75, 3.05) is 5.73 Å². The van der Waals surface area contributed by atoms with Crippen LogP contribution in [0.25, 0.3) is 17.0 Å². The van der Waals surface area contributed by atoms with Gasteiger partial charge in [-0.15, -0.1) is 0 Å². The van der Waals surface area contributed by atoms with Crippen molar-refractivity contribution >= 4 is 22.7 Å². The third kappa shape index (κ3) is 0.970. The van der Waals surface area contributed by atoms with Crippen molar-refractivity contribution in [3.8, 4) is 0 Å². The maximum absolute atomic E-state index is 5.76. The number of benzene rings is 1. The fraction of sp³-hybridized carbons (Fsp3) is 0.167.